The number of phenolic OH excluding ortho intramolecular Hbond substituents is 1. The minimum Gasteiger partial charge on any atom is -0.508 e. The summed E-state index contributed by atoms with van der Waals surface area (Å²) in [5.74, 6) is -2.67. The highest BCUT2D eigenvalue weighted by Crippen LogP contribution is 2.20. The summed E-state index contributed by atoms with van der Waals surface area (Å²) < 4.78 is 0. The van der Waals surface area contributed by atoms with Crippen LogP contribution in [0.4, 0.5) is 0 Å². The third kappa shape index (κ3) is 8.20. The van der Waals surface area contributed by atoms with Crippen LogP contribution in [0.25, 0.3) is 0 Å². The van der Waals surface area contributed by atoms with Crippen LogP contribution in [0.2, 0.25) is 0 Å². The first kappa shape index (κ1) is 29.1. The lowest BCUT2D eigenvalue weighted by atomic mass is 10.0. The number of aliphatic carboxylic acids is 1. The van der Waals surface area contributed by atoms with E-state index in [4.69, 9.17) is 11.5 Å². The largest absolute Gasteiger partial charge is 0.508 e. The Morgan fingerprint density at radius 2 is 1.75 bits per heavy atom. The summed E-state index contributed by atoms with van der Waals surface area (Å²) in [6, 6.07) is 2.44. The molecular weight excluding hydrogens is 466 g/mol. The van der Waals surface area contributed by atoms with Crippen LogP contribution in [0.3, 0.4) is 0 Å². The van der Waals surface area contributed by atoms with Crippen LogP contribution in [-0.4, -0.2) is 76.1 Å². The zero-order chi connectivity index (χ0) is 26.8. The Hall–Kier alpha value is -3.18. The predicted octanol–water partition coefficient (Wildman–Crippen LogP) is 0.0922. The molecule has 1 aromatic carbocycles. The molecule has 0 saturated carbocycles. The smallest absolute Gasteiger partial charge is 0.326 e. The van der Waals surface area contributed by atoms with Crippen LogP contribution >= 0.6 is 0 Å². The van der Waals surface area contributed by atoms with E-state index < -0.39 is 42.0 Å². The van der Waals surface area contributed by atoms with Crippen molar-refractivity contribution in [3.8, 4) is 5.75 Å². The highest BCUT2D eigenvalue weighted by molar-refractivity contribution is 5.94. The van der Waals surface area contributed by atoms with E-state index in [0.29, 0.717) is 44.3 Å². The van der Waals surface area contributed by atoms with Crippen molar-refractivity contribution in [2.24, 2.45) is 17.4 Å². The van der Waals surface area contributed by atoms with Gasteiger partial charge in [-0.05, 0) is 62.3 Å². The second-order valence-corrected chi connectivity index (χ2v) is 9.58. The third-order valence-electron chi connectivity index (χ3n) is 6.41. The van der Waals surface area contributed by atoms with E-state index in [0.717, 1.165) is 0 Å². The van der Waals surface area contributed by atoms with E-state index in [2.05, 4.69) is 10.6 Å². The van der Waals surface area contributed by atoms with Gasteiger partial charge >= 0.3 is 5.97 Å². The van der Waals surface area contributed by atoms with Gasteiger partial charge in [0.2, 0.25) is 17.7 Å². The standard InChI is InChI=1S/C25H39N5O6/c1-15(2)21(27)24(34)30-13-5-7-20(30)23(33)29-19(14-16-8-10-17(31)11-9-16)22(32)28-18(25(35)36)6-3-4-12-26/h8-11,15,18-21,31H,3-7,12-14,26-27H2,1-2H3,(H,28,32)(H,29,33)(H,35,36). The molecule has 1 fully saturated rings. The van der Waals surface area contributed by atoms with Crippen molar-refractivity contribution in [2.75, 3.05) is 13.1 Å². The molecule has 2 rings (SSSR count). The fourth-order valence-corrected chi connectivity index (χ4v) is 4.15. The summed E-state index contributed by atoms with van der Waals surface area (Å²) in [6.45, 7) is 4.47. The van der Waals surface area contributed by atoms with Gasteiger partial charge < -0.3 is 37.2 Å². The summed E-state index contributed by atoms with van der Waals surface area (Å²) >= 11 is 0. The van der Waals surface area contributed by atoms with Crippen molar-refractivity contribution in [1.29, 1.82) is 0 Å². The topological polar surface area (TPSA) is 188 Å². The van der Waals surface area contributed by atoms with Crippen LogP contribution in [0.1, 0.15) is 51.5 Å². The van der Waals surface area contributed by atoms with E-state index >= 15 is 0 Å². The normalized spacial score (nSPS) is 17.9. The fraction of sp³-hybridized carbons (Fsp3) is 0.600. The van der Waals surface area contributed by atoms with Crippen molar-refractivity contribution in [1.82, 2.24) is 15.5 Å². The number of rotatable bonds is 13. The Morgan fingerprint density at radius 3 is 2.33 bits per heavy atom. The second kappa shape index (κ2) is 13.8. The zero-order valence-electron chi connectivity index (χ0n) is 21.0. The van der Waals surface area contributed by atoms with Gasteiger partial charge in [0.1, 0.15) is 23.9 Å². The predicted molar refractivity (Wildman–Crippen MR) is 134 cm³/mol. The van der Waals surface area contributed by atoms with Crippen molar-refractivity contribution in [2.45, 2.75) is 76.5 Å². The Morgan fingerprint density at radius 1 is 1.08 bits per heavy atom. The van der Waals surface area contributed by atoms with Crippen molar-refractivity contribution in [3.63, 3.8) is 0 Å². The van der Waals surface area contributed by atoms with Crippen molar-refractivity contribution >= 4 is 23.7 Å². The highest BCUT2D eigenvalue weighted by atomic mass is 16.4. The Kier molecular flexibility index (Phi) is 11.1. The number of carboxylic acid groups (broad SMARTS) is 1. The van der Waals surface area contributed by atoms with Gasteiger partial charge in [0, 0.05) is 13.0 Å². The number of benzene rings is 1. The molecule has 1 aliphatic heterocycles. The Labute approximate surface area is 211 Å². The Bertz CT molecular complexity index is 907. The molecule has 36 heavy (non-hydrogen) atoms. The summed E-state index contributed by atoms with van der Waals surface area (Å²) in [6.07, 6.45) is 2.49. The number of likely N-dealkylation sites (tertiary alicyclic amines) is 1. The molecule has 4 atom stereocenters. The van der Waals surface area contributed by atoms with Gasteiger partial charge in [0.05, 0.1) is 6.04 Å². The molecule has 1 aromatic rings. The number of hydrogen-bond donors (Lipinski definition) is 6. The second-order valence-electron chi connectivity index (χ2n) is 9.58. The van der Waals surface area contributed by atoms with Crippen LogP contribution in [0, 0.1) is 5.92 Å². The van der Waals surface area contributed by atoms with Gasteiger partial charge in [-0.3, -0.25) is 14.4 Å². The number of nitrogens with zero attached hydrogens (tertiary/aromatic N) is 1. The molecule has 0 bridgehead atoms. The number of carboxylic acids is 1. The number of carbonyl (C=O) groups excluding carboxylic acids is 3. The van der Waals surface area contributed by atoms with Crippen LogP contribution in [-0.2, 0) is 25.6 Å². The van der Waals surface area contributed by atoms with Gasteiger partial charge in [-0.25, -0.2) is 4.79 Å². The molecule has 3 amide bonds. The SMILES string of the molecule is CC(C)C(N)C(=O)N1CCCC1C(=O)NC(Cc1ccc(O)cc1)C(=O)NC(CCCCN)C(=O)O. The molecule has 0 spiro atoms. The summed E-state index contributed by atoms with van der Waals surface area (Å²) in [5.41, 5.74) is 12.2. The van der Waals surface area contributed by atoms with Crippen LogP contribution in [0.5, 0.6) is 5.75 Å². The molecule has 1 saturated heterocycles. The van der Waals surface area contributed by atoms with Crippen LogP contribution in [0.15, 0.2) is 24.3 Å². The maximum absolute atomic E-state index is 13.2. The van der Waals surface area contributed by atoms with E-state index in [1.54, 1.807) is 12.1 Å². The third-order valence-corrected chi connectivity index (χ3v) is 6.41. The van der Waals surface area contributed by atoms with Gasteiger partial charge in [0.15, 0.2) is 0 Å². The molecule has 0 aromatic heterocycles. The number of hydrogen-bond acceptors (Lipinski definition) is 7. The molecule has 1 heterocycles. The average molecular weight is 506 g/mol. The van der Waals surface area contributed by atoms with Gasteiger partial charge in [0.25, 0.3) is 0 Å². The van der Waals surface area contributed by atoms with Gasteiger partial charge in [-0.15, -0.1) is 0 Å². The number of nitrogens with one attached hydrogen (secondary N) is 2. The Balaban J connectivity index is 2.20. The quantitative estimate of drug-likeness (QED) is 0.203. The maximum Gasteiger partial charge on any atom is 0.326 e. The molecule has 0 aliphatic carbocycles. The minimum atomic E-state index is -1.18. The summed E-state index contributed by atoms with van der Waals surface area (Å²) in [4.78, 5) is 52.4. The molecule has 1 aliphatic rings. The fourth-order valence-electron chi connectivity index (χ4n) is 4.15. The van der Waals surface area contributed by atoms with Crippen LogP contribution < -0.4 is 22.1 Å². The maximum atomic E-state index is 13.2. The number of amides is 3. The van der Waals surface area contributed by atoms with E-state index in [9.17, 15) is 29.4 Å². The number of phenols is 1. The molecule has 11 nitrogen and oxygen atoms in total. The monoisotopic (exact) mass is 505 g/mol. The molecule has 11 heteroatoms. The van der Waals surface area contributed by atoms with Crippen molar-refractivity contribution < 1.29 is 29.4 Å². The number of nitrogens with two attached hydrogens (primary N) is 2. The lowest BCUT2D eigenvalue weighted by Gasteiger charge is -2.29. The van der Waals surface area contributed by atoms with E-state index in [-0.39, 0.29) is 30.4 Å². The van der Waals surface area contributed by atoms with Gasteiger partial charge in [-0.1, -0.05) is 26.0 Å². The summed E-state index contributed by atoms with van der Waals surface area (Å²) in [5, 5.41) is 24.4. The highest BCUT2D eigenvalue weighted by Gasteiger charge is 2.38. The first-order chi connectivity index (χ1) is 17.0. The van der Waals surface area contributed by atoms with Crippen molar-refractivity contribution in [3.05, 3.63) is 29.8 Å². The van der Waals surface area contributed by atoms with E-state index in [1.165, 1.54) is 17.0 Å². The number of carbonyl (C=O) groups is 4. The molecule has 0 radical (unpaired) electrons. The lowest BCUT2D eigenvalue weighted by Crippen LogP contribution is -2.57. The molecule has 4 unspecified atom stereocenters. The summed E-state index contributed by atoms with van der Waals surface area (Å²) in [7, 11) is 0. The van der Waals surface area contributed by atoms with Gasteiger partial charge in [-0.2, -0.15) is 0 Å². The molecule has 8 N–H and O–H groups in total. The minimum absolute atomic E-state index is 0.0521. The number of aromatic hydroxyl groups is 1. The van der Waals surface area contributed by atoms with E-state index in [1.807, 2.05) is 13.8 Å². The first-order valence-corrected chi connectivity index (χ1v) is 12.4. The zero-order valence-corrected chi connectivity index (χ0v) is 21.0. The molecule has 200 valence electrons. The lowest BCUT2D eigenvalue weighted by molar-refractivity contribution is -0.143. The molecular formula is C25H39N5O6. The average Bonchev–Trinajstić information content (AvgIpc) is 3.33. The first-order valence-electron chi connectivity index (χ1n) is 12.4. The number of unbranched alkanes of at least 4 members (excludes halogenated alkanes) is 1.